The fourth-order valence-corrected chi connectivity index (χ4v) is 6.24. The van der Waals surface area contributed by atoms with Crippen LogP contribution >= 0.6 is 0 Å². The molecule has 1 saturated carbocycles. The number of likely N-dealkylation sites (N-methyl/N-ethyl adjacent to an activating group) is 1. The van der Waals surface area contributed by atoms with E-state index in [4.69, 9.17) is 9.47 Å². The third kappa shape index (κ3) is 9.85. The molecule has 0 aromatic heterocycles. The lowest BCUT2D eigenvalue weighted by Gasteiger charge is -2.36. The largest absolute Gasteiger partial charge is 0.490 e. The van der Waals surface area contributed by atoms with Gasteiger partial charge in [0.15, 0.2) is 0 Å². The van der Waals surface area contributed by atoms with Gasteiger partial charge in [-0.3, -0.25) is 14.3 Å². The first kappa shape index (κ1) is 33.1. The summed E-state index contributed by atoms with van der Waals surface area (Å²) in [6.45, 7) is 6.69. The van der Waals surface area contributed by atoms with E-state index in [9.17, 15) is 23.1 Å². The molecule has 0 spiro atoms. The monoisotopic (exact) mass is 595 g/mol. The molecule has 232 valence electrons. The lowest BCUT2D eigenvalue weighted by atomic mass is 9.88. The Morgan fingerprint density at radius 1 is 1.15 bits per heavy atom. The van der Waals surface area contributed by atoms with Gasteiger partial charge >= 0.3 is 0 Å². The van der Waals surface area contributed by atoms with E-state index in [-0.39, 0.29) is 60.3 Å². The van der Waals surface area contributed by atoms with Crippen LogP contribution in [-0.2, 0) is 19.6 Å². The van der Waals surface area contributed by atoms with E-state index in [1.54, 1.807) is 28.9 Å². The van der Waals surface area contributed by atoms with Crippen molar-refractivity contribution in [2.24, 2.45) is 11.8 Å². The van der Waals surface area contributed by atoms with Gasteiger partial charge in [-0.15, -0.1) is 0 Å². The smallest absolute Gasteiger partial charge is 0.258 e. The highest BCUT2D eigenvalue weighted by molar-refractivity contribution is 7.92. The number of rotatable bonds is 7. The molecule has 0 unspecified atom stereocenters. The van der Waals surface area contributed by atoms with Crippen LogP contribution in [0, 0.1) is 11.8 Å². The molecule has 0 bridgehead atoms. The normalized spacial score (nSPS) is 24.5. The lowest BCUT2D eigenvalue weighted by Crippen LogP contribution is -2.48. The summed E-state index contributed by atoms with van der Waals surface area (Å²) < 4.78 is 38.8. The zero-order chi connectivity index (χ0) is 30.2. The van der Waals surface area contributed by atoms with E-state index in [0.29, 0.717) is 18.9 Å². The number of ether oxygens (including phenoxy) is 2. The van der Waals surface area contributed by atoms with Gasteiger partial charge < -0.3 is 24.4 Å². The summed E-state index contributed by atoms with van der Waals surface area (Å²) in [6, 6.07) is 4.17. The molecule has 10 nitrogen and oxygen atoms in total. The first-order valence-electron chi connectivity index (χ1n) is 15.0. The maximum Gasteiger partial charge on any atom is 0.258 e. The van der Waals surface area contributed by atoms with E-state index in [1.807, 2.05) is 20.9 Å². The van der Waals surface area contributed by atoms with Crippen LogP contribution in [0.4, 0.5) is 5.69 Å². The number of aliphatic hydroxyl groups excluding tert-OH is 1. The van der Waals surface area contributed by atoms with Crippen LogP contribution < -0.4 is 9.46 Å². The van der Waals surface area contributed by atoms with E-state index < -0.39 is 16.1 Å². The molecule has 1 aliphatic heterocycles. The molecule has 0 radical (unpaired) electrons. The molecular weight excluding hydrogens is 546 g/mol. The fraction of sp³-hybridized carbons (Fsp3) is 0.733. The number of carbonyl (C=O) groups is 2. The number of hydrogen-bond donors (Lipinski definition) is 2. The summed E-state index contributed by atoms with van der Waals surface area (Å²) >= 11 is 0. The third-order valence-electron chi connectivity index (χ3n) is 8.14. The predicted octanol–water partition coefficient (Wildman–Crippen LogP) is 3.89. The van der Waals surface area contributed by atoms with Crippen molar-refractivity contribution in [3.05, 3.63) is 23.8 Å². The Morgan fingerprint density at radius 3 is 2.49 bits per heavy atom. The molecule has 11 heteroatoms. The molecule has 1 aromatic rings. The van der Waals surface area contributed by atoms with Crippen molar-refractivity contribution in [3.8, 4) is 5.75 Å². The Bertz CT molecular complexity index is 1120. The average Bonchev–Trinajstić information content (AvgIpc) is 2.93. The SMILES string of the molecule is C[C@@H]1CN([C@@H](C)CO)C(=O)c2cc(NS(C)(=O)=O)ccc2O[C@@H](C)CCCCO[C@@H]1CN(C)C(=O)C1CCCCC1. The Kier molecular flexibility index (Phi) is 12.3. The molecule has 1 aliphatic carbocycles. The number of hydrogen-bond acceptors (Lipinski definition) is 7. The van der Waals surface area contributed by atoms with Crippen LogP contribution in [0.25, 0.3) is 0 Å². The molecule has 1 aromatic carbocycles. The fourth-order valence-electron chi connectivity index (χ4n) is 5.68. The molecule has 1 heterocycles. The van der Waals surface area contributed by atoms with E-state index in [2.05, 4.69) is 4.72 Å². The second-order valence-corrected chi connectivity index (χ2v) is 13.7. The number of carbonyl (C=O) groups excluding carboxylic acids is 2. The Morgan fingerprint density at radius 2 is 1.83 bits per heavy atom. The summed E-state index contributed by atoms with van der Waals surface area (Å²) in [5.41, 5.74) is 0.475. The van der Waals surface area contributed by atoms with Gasteiger partial charge in [0, 0.05) is 44.3 Å². The highest BCUT2D eigenvalue weighted by Crippen LogP contribution is 2.29. The summed E-state index contributed by atoms with van der Waals surface area (Å²) in [5, 5.41) is 10.1. The van der Waals surface area contributed by atoms with Crippen LogP contribution in [0.2, 0.25) is 0 Å². The van der Waals surface area contributed by atoms with E-state index >= 15 is 0 Å². The number of nitrogens with zero attached hydrogens (tertiary/aromatic N) is 2. The number of aliphatic hydroxyl groups is 1. The Hall–Kier alpha value is -2.37. The van der Waals surface area contributed by atoms with Gasteiger partial charge in [-0.1, -0.05) is 26.2 Å². The highest BCUT2D eigenvalue weighted by atomic mass is 32.2. The number of anilines is 1. The van der Waals surface area contributed by atoms with Crippen molar-refractivity contribution in [2.45, 2.75) is 90.4 Å². The molecule has 4 atom stereocenters. The standard InChI is InChI=1S/C30H49N3O7S/c1-21-18-33(22(2)20-34)30(36)26-17-25(31-41(5,37)38)14-15-27(26)40-23(3)11-9-10-16-39-28(21)19-32(4)29(35)24-12-7-6-8-13-24/h14-15,17,21-24,28,31,34H,6-13,16,18-20H2,1-5H3/t21-,22+,23+,28-/m1/s1. The van der Waals surface area contributed by atoms with Crippen molar-refractivity contribution >= 4 is 27.5 Å². The first-order valence-corrected chi connectivity index (χ1v) is 16.9. The van der Waals surface area contributed by atoms with Gasteiger partial charge in [0.2, 0.25) is 15.9 Å². The number of nitrogens with one attached hydrogen (secondary N) is 1. The summed E-state index contributed by atoms with van der Waals surface area (Å²) in [4.78, 5) is 30.7. The number of sulfonamides is 1. The van der Waals surface area contributed by atoms with Crippen LogP contribution in [-0.4, -0.2) is 93.0 Å². The molecular formula is C30H49N3O7S. The molecule has 2 N–H and O–H groups in total. The Labute approximate surface area is 245 Å². The maximum absolute atomic E-state index is 14.1. The summed E-state index contributed by atoms with van der Waals surface area (Å²) in [7, 11) is -1.73. The average molecular weight is 596 g/mol. The van der Waals surface area contributed by atoms with Gasteiger partial charge in [0.25, 0.3) is 5.91 Å². The zero-order valence-electron chi connectivity index (χ0n) is 25.3. The van der Waals surface area contributed by atoms with Gasteiger partial charge in [-0.2, -0.15) is 0 Å². The number of fused-ring (bicyclic) bond motifs is 1. The van der Waals surface area contributed by atoms with Crippen LogP contribution in [0.3, 0.4) is 0 Å². The van der Waals surface area contributed by atoms with Crippen LogP contribution in [0.15, 0.2) is 18.2 Å². The topological polar surface area (TPSA) is 125 Å². The summed E-state index contributed by atoms with van der Waals surface area (Å²) in [6.07, 6.45) is 8.21. The second kappa shape index (κ2) is 15.2. The number of benzene rings is 1. The van der Waals surface area contributed by atoms with E-state index in [0.717, 1.165) is 51.2 Å². The highest BCUT2D eigenvalue weighted by Gasteiger charge is 2.32. The van der Waals surface area contributed by atoms with Crippen molar-refractivity contribution in [1.82, 2.24) is 9.80 Å². The molecule has 41 heavy (non-hydrogen) atoms. The van der Waals surface area contributed by atoms with Crippen molar-refractivity contribution in [3.63, 3.8) is 0 Å². The molecule has 3 rings (SSSR count). The summed E-state index contributed by atoms with van der Waals surface area (Å²) in [5.74, 6) is 0.0514. The lowest BCUT2D eigenvalue weighted by molar-refractivity contribution is -0.137. The first-order chi connectivity index (χ1) is 19.4. The molecule has 2 amide bonds. The van der Waals surface area contributed by atoms with Crippen molar-refractivity contribution in [1.29, 1.82) is 0 Å². The Balaban J connectivity index is 1.92. The predicted molar refractivity (Wildman–Crippen MR) is 160 cm³/mol. The maximum atomic E-state index is 14.1. The third-order valence-corrected chi connectivity index (χ3v) is 8.75. The number of amides is 2. The second-order valence-electron chi connectivity index (χ2n) is 11.9. The van der Waals surface area contributed by atoms with Gasteiger partial charge in [0.1, 0.15) is 5.75 Å². The van der Waals surface area contributed by atoms with Crippen LogP contribution in [0.5, 0.6) is 5.75 Å². The van der Waals surface area contributed by atoms with Crippen LogP contribution in [0.1, 0.15) is 82.5 Å². The quantitative estimate of drug-likeness (QED) is 0.490. The van der Waals surface area contributed by atoms with Crippen molar-refractivity contribution < 1.29 is 32.6 Å². The van der Waals surface area contributed by atoms with Gasteiger partial charge in [0.05, 0.1) is 36.7 Å². The van der Waals surface area contributed by atoms with Crippen molar-refractivity contribution in [2.75, 3.05) is 44.3 Å². The van der Waals surface area contributed by atoms with Gasteiger partial charge in [-0.05, 0) is 64.2 Å². The zero-order valence-corrected chi connectivity index (χ0v) is 26.1. The minimum atomic E-state index is -3.56. The minimum absolute atomic E-state index is 0.0581. The molecule has 2 aliphatic rings. The van der Waals surface area contributed by atoms with E-state index in [1.165, 1.54) is 12.5 Å². The molecule has 0 saturated heterocycles. The minimum Gasteiger partial charge on any atom is -0.490 e. The molecule has 1 fully saturated rings. The van der Waals surface area contributed by atoms with Gasteiger partial charge in [-0.25, -0.2) is 8.42 Å².